The zero-order valence-corrected chi connectivity index (χ0v) is 17.5. The number of allylic oxidation sites excluding steroid dienone is 2. The molecule has 0 saturated carbocycles. The molecule has 1 aromatic rings. The summed E-state index contributed by atoms with van der Waals surface area (Å²) in [7, 11) is 0. The molecule has 0 spiro atoms. The van der Waals surface area contributed by atoms with Gasteiger partial charge in [0.15, 0.2) is 0 Å². The topological polar surface area (TPSA) is 21.8 Å². The van der Waals surface area contributed by atoms with Crippen LogP contribution in [-0.2, 0) is 11.2 Å². The monoisotopic (exact) mass is 372 g/mol. The summed E-state index contributed by atoms with van der Waals surface area (Å²) in [5.41, 5.74) is 1.43. The molecule has 1 saturated heterocycles. The van der Waals surface area contributed by atoms with Crippen LogP contribution in [0, 0.1) is 0 Å². The molecular formula is C25H40O2. The number of unbranched alkanes of at least 4 members (excludes halogenated alkanes) is 10. The minimum atomic E-state index is 0.330. The van der Waals surface area contributed by atoms with Crippen molar-refractivity contribution in [3.05, 3.63) is 42.0 Å². The van der Waals surface area contributed by atoms with Crippen LogP contribution in [0.2, 0.25) is 0 Å². The van der Waals surface area contributed by atoms with Gasteiger partial charge in [0.25, 0.3) is 0 Å². The Labute approximate surface area is 167 Å². The molecular weight excluding hydrogens is 332 g/mol. The molecule has 0 N–H and O–H groups in total. The lowest BCUT2D eigenvalue weighted by molar-refractivity contribution is 0.263. The molecule has 2 rings (SSSR count). The number of benzene rings is 1. The second-order valence-corrected chi connectivity index (χ2v) is 7.89. The number of rotatable bonds is 17. The summed E-state index contributed by atoms with van der Waals surface area (Å²) in [5, 5.41) is 0. The highest BCUT2D eigenvalue weighted by Crippen LogP contribution is 2.17. The van der Waals surface area contributed by atoms with Crippen LogP contribution in [0.25, 0.3) is 0 Å². The van der Waals surface area contributed by atoms with E-state index in [1.54, 1.807) is 0 Å². The molecule has 1 aliphatic rings. The van der Waals surface area contributed by atoms with Crippen molar-refractivity contribution in [1.82, 2.24) is 0 Å². The summed E-state index contributed by atoms with van der Waals surface area (Å²) in [6.07, 6.45) is 22.5. The highest BCUT2D eigenvalue weighted by atomic mass is 16.6. The van der Waals surface area contributed by atoms with Gasteiger partial charge in [-0.1, -0.05) is 76.2 Å². The van der Waals surface area contributed by atoms with Crippen LogP contribution >= 0.6 is 0 Å². The van der Waals surface area contributed by atoms with Crippen molar-refractivity contribution in [3.63, 3.8) is 0 Å². The molecule has 1 unspecified atom stereocenters. The fourth-order valence-corrected chi connectivity index (χ4v) is 3.33. The third-order valence-electron chi connectivity index (χ3n) is 5.24. The standard InChI is InChI=1S/C25H40O2/c1-2-3-4-5-6-7-8-9-10-11-12-13-14-15-16-23-17-19-24(20-18-23)26-21-25-22-27-25/h6-7,17-20,25H,2-5,8-16,21-22H2,1H3/b7-6+. The van der Waals surface area contributed by atoms with Gasteiger partial charge in [-0.2, -0.15) is 0 Å². The summed E-state index contributed by atoms with van der Waals surface area (Å²) >= 11 is 0. The Morgan fingerprint density at radius 2 is 1.44 bits per heavy atom. The van der Waals surface area contributed by atoms with E-state index in [4.69, 9.17) is 9.47 Å². The van der Waals surface area contributed by atoms with Crippen LogP contribution in [0.15, 0.2) is 36.4 Å². The van der Waals surface area contributed by atoms with E-state index in [1.807, 2.05) is 0 Å². The SMILES string of the molecule is CCCCC/C=C/CCCCCCCCCc1ccc(OCC2CO2)cc1. The van der Waals surface area contributed by atoms with E-state index in [1.165, 1.54) is 89.0 Å². The lowest BCUT2D eigenvalue weighted by atomic mass is 10.0. The van der Waals surface area contributed by atoms with E-state index < -0.39 is 0 Å². The van der Waals surface area contributed by atoms with Gasteiger partial charge in [0.2, 0.25) is 0 Å². The molecule has 152 valence electrons. The molecule has 1 aliphatic heterocycles. The summed E-state index contributed by atoms with van der Waals surface area (Å²) in [4.78, 5) is 0. The summed E-state index contributed by atoms with van der Waals surface area (Å²) in [6.45, 7) is 3.81. The zero-order valence-electron chi connectivity index (χ0n) is 17.5. The number of ether oxygens (including phenoxy) is 2. The average molecular weight is 373 g/mol. The van der Waals surface area contributed by atoms with Crippen LogP contribution in [0.5, 0.6) is 5.75 Å². The molecule has 0 aromatic heterocycles. The van der Waals surface area contributed by atoms with E-state index >= 15 is 0 Å². The average Bonchev–Trinajstić information content (AvgIpc) is 3.52. The number of hydrogen-bond donors (Lipinski definition) is 0. The lowest BCUT2D eigenvalue weighted by Crippen LogP contribution is -2.03. The van der Waals surface area contributed by atoms with E-state index in [-0.39, 0.29) is 0 Å². The maximum absolute atomic E-state index is 5.68. The van der Waals surface area contributed by atoms with Crippen molar-refractivity contribution in [2.24, 2.45) is 0 Å². The maximum atomic E-state index is 5.68. The molecule has 2 nitrogen and oxygen atoms in total. The fraction of sp³-hybridized carbons (Fsp3) is 0.680. The van der Waals surface area contributed by atoms with Crippen molar-refractivity contribution in [3.8, 4) is 5.75 Å². The first-order chi connectivity index (χ1) is 13.4. The number of aryl methyl sites for hydroxylation is 1. The molecule has 0 bridgehead atoms. The Morgan fingerprint density at radius 1 is 0.852 bits per heavy atom. The van der Waals surface area contributed by atoms with E-state index in [9.17, 15) is 0 Å². The second-order valence-electron chi connectivity index (χ2n) is 7.89. The largest absolute Gasteiger partial charge is 0.491 e. The Bertz CT molecular complexity index is 488. The van der Waals surface area contributed by atoms with Gasteiger partial charge in [0, 0.05) is 0 Å². The Morgan fingerprint density at radius 3 is 2.07 bits per heavy atom. The van der Waals surface area contributed by atoms with Crippen LogP contribution in [0.1, 0.15) is 89.5 Å². The second kappa shape index (κ2) is 14.7. The normalized spacial score (nSPS) is 16.1. The molecule has 1 fully saturated rings. The van der Waals surface area contributed by atoms with Gasteiger partial charge < -0.3 is 9.47 Å². The van der Waals surface area contributed by atoms with Crippen molar-refractivity contribution < 1.29 is 9.47 Å². The Kier molecular flexibility index (Phi) is 12.0. The van der Waals surface area contributed by atoms with Crippen LogP contribution < -0.4 is 4.74 Å². The summed E-state index contributed by atoms with van der Waals surface area (Å²) < 4.78 is 10.8. The van der Waals surface area contributed by atoms with E-state index in [0.29, 0.717) is 12.7 Å². The van der Waals surface area contributed by atoms with Gasteiger partial charge in [-0.25, -0.2) is 0 Å². The van der Waals surface area contributed by atoms with Crippen molar-refractivity contribution >= 4 is 0 Å². The highest BCUT2D eigenvalue weighted by Gasteiger charge is 2.22. The minimum Gasteiger partial charge on any atom is -0.491 e. The third-order valence-corrected chi connectivity index (χ3v) is 5.24. The van der Waals surface area contributed by atoms with Gasteiger partial charge in [-0.05, 0) is 56.2 Å². The molecule has 0 amide bonds. The first-order valence-electron chi connectivity index (χ1n) is 11.4. The van der Waals surface area contributed by atoms with Gasteiger partial charge in [-0.3, -0.25) is 0 Å². The zero-order chi connectivity index (χ0) is 19.0. The Balaban J connectivity index is 1.36. The van der Waals surface area contributed by atoms with Crippen molar-refractivity contribution in [1.29, 1.82) is 0 Å². The van der Waals surface area contributed by atoms with Gasteiger partial charge in [-0.15, -0.1) is 0 Å². The quantitative estimate of drug-likeness (QED) is 0.163. The third kappa shape index (κ3) is 11.9. The number of epoxide rings is 1. The molecule has 1 aromatic carbocycles. The van der Waals surface area contributed by atoms with Crippen molar-refractivity contribution in [2.75, 3.05) is 13.2 Å². The Hall–Kier alpha value is -1.28. The van der Waals surface area contributed by atoms with E-state index in [0.717, 1.165) is 12.4 Å². The molecule has 27 heavy (non-hydrogen) atoms. The van der Waals surface area contributed by atoms with Crippen LogP contribution in [0.3, 0.4) is 0 Å². The van der Waals surface area contributed by atoms with Gasteiger partial charge in [0.05, 0.1) is 6.61 Å². The molecule has 2 heteroatoms. The van der Waals surface area contributed by atoms with E-state index in [2.05, 4.69) is 43.3 Å². The van der Waals surface area contributed by atoms with Gasteiger partial charge in [0.1, 0.15) is 18.5 Å². The first kappa shape index (κ1) is 22.0. The molecule has 1 atom stereocenters. The lowest BCUT2D eigenvalue weighted by Gasteiger charge is -2.06. The molecule has 0 aliphatic carbocycles. The highest BCUT2D eigenvalue weighted by molar-refractivity contribution is 5.27. The maximum Gasteiger partial charge on any atom is 0.119 e. The fourth-order valence-electron chi connectivity index (χ4n) is 3.33. The predicted molar refractivity (Wildman–Crippen MR) is 116 cm³/mol. The van der Waals surface area contributed by atoms with Crippen molar-refractivity contribution in [2.45, 2.75) is 96.5 Å². The smallest absolute Gasteiger partial charge is 0.119 e. The van der Waals surface area contributed by atoms with Gasteiger partial charge >= 0.3 is 0 Å². The van der Waals surface area contributed by atoms with Crippen LogP contribution in [-0.4, -0.2) is 19.3 Å². The minimum absolute atomic E-state index is 0.330. The summed E-state index contributed by atoms with van der Waals surface area (Å²) in [5.74, 6) is 0.963. The van der Waals surface area contributed by atoms with Crippen LogP contribution in [0.4, 0.5) is 0 Å². The number of hydrogen-bond acceptors (Lipinski definition) is 2. The first-order valence-corrected chi connectivity index (χ1v) is 11.4. The molecule has 1 heterocycles. The predicted octanol–water partition coefficient (Wildman–Crippen LogP) is 7.26. The summed E-state index contributed by atoms with van der Waals surface area (Å²) in [6, 6.07) is 8.60. The molecule has 0 radical (unpaired) electrons.